The molecule has 124 valence electrons. The van der Waals surface area contributed by atoms with Gasteiger partial charge in [-0.15, -0.1) is 0 Å². The van der Waals surface area contributed by atoms with Crippen molar-refractivity contribution in [1.29, 1.82) is 0 Å². The first kappa shape index (κ1) is 17.3. The van der Waals surface area contributed by atoms with Gasteiger partial charge in [-0.25, -0.2) is 0 Å². The Morgan fingerprint density at radius 2 is 1.67 bits per heavy atom. The molecule has 0 amide bonds. The minimum atomic E-state index is 0.306. The molecule has 0 aromatic rings. The minimum absolute atomic E-state index is 0.306. The summed E-state index contributed by atoms with van der Waals surface area (Å²) in [7, 11) is 0. The summed E-state index contributed by atoms with van der Waals surface area (Å²) in [4.78, 5) is 2.78. The van der Waals surface area contributed by atoms with Crippen LogP contribution in [0.4, 0.5) is 0 Å². The summed E-state index contributed by atoms with van der Waals surface area (Å²) >= 11 is 0. The Hall–Kier alpha value is -0.0800. The maximum Gasteiger partial charge on any atom is 0.0308 e. The van der Waals surface area contributed by atoms with Gasteiger partial charge in [0, 0.05) is 11.6 Å². The van der Waals surface area contributed by atoms with Crippen LogP contribution in [-0.2, 0) is 0 Å². The molecular weight excluding hydrogens is 256 g/mol. The van der Waals surface area contributed by atoms with Crippen LogP contribution in [0.1, 0.15) is 79.1 Å². The van der Waals surface area contributed by atoms with Crippen molar-refractivity contribution in [3.8, 4) is 0 Å². The molecule has 1 aliphatic carbocycles. The van der Waals surface area contributed by atoms with E-state index in [0.717, 1.165) is 11.8 Å². The molecule has 1 heterocycles. The standard InChI is InChI=1S/C19H38N2/c1-5-13-20-18(17-11-9-16(2)10-12-17)19(3,4)21-14-7-6-8-15-21/h16-18,20H,5-15H2,1-4H3. The summed E-state index contributed by atoms with van der Waals surface area (Å²) in [6.07, 6.45) is 11.2. The summed E-state index contributed by atoms with van der Waals surface area (Å²) in [5.74, 6) is 1.83. The molecule has 0 aromatic carbocycles. The molecular formula is C19H38N2. The fourth-order valence-corrected chi connectivity index (χ4v) is 4.58. The summed E-state index contributed by atoms with van der Waals surface area (Å²) in [6.45, 7) is 13.5. The Labute approximate surface area is 133 Å². The second-order valence-electron chi connectivity index (χ2n) is 8.15. The molecule has 0 bridgehead atoms. The van der Waals surface area contributed by atoms with Crippen LogP contribution in [0, 0.1) is 11.8 Å². The van der Waals surface area contributed by atoms with E-state index in [2.05, 4.69) is 37.9 Å². The van der Waals surface area contributed by atoms with Crippen molar-refractivity contribution < 1.29 is 0 Å². The van der Waals surface area contributed by atoms with Gasteiger partial charge in [0.15, 0.2) is 0 Å². The first-order chi connectivity index (χ1) is 10.1. The lowest BCUT2D eigenvalue weighted by molar-refractivity contribution is 0.0293. The fraction of sp³-hybridized carbons (Fsp3) is 1.00. The van der Waals surface area contributed by atoms with Crippen LogP contribution in [0.2, 0.25) is 0 Å². The van der Waals surface area contributed by atoms with Crippen LogP contribution in [0.25, 0.3) is 0 Å². The van der Waals surface area contributed by atoms with E-state index >= 15 is 0 Å². The van der Waals surface area contributed by atoms with Crippen molar-refractivity contribution in [1.82, 2.24) is 10.2 Å². The SMILES string of the molecule is CCCNC(C1CCC(C)CC1)C(C)(C)N1CCCCC1. The van der Waals surface area contributed by atoms with E-state index < -0.39 is 0 Å². The summed E-state index contributed by atoms with van der Waals surface area (Å²) in [6, 6.07) is 0.669. The molecule has 1 saturated heterocycles. The molecule has 2 fully saturated rings. The molecule has 2 aliphatic rings. The average Bonchev–Trinajstić information content (AvgIpc) is 2.50. The molecule has 1 aliphatic heterocycles. The first-order valence-electron chi connectivity index (χ1n) is 9.54. The van der Waals surface area contributed by atoms with Gasteiger partial charge < -0.3 is 5.32 Å². The first-order valence-corrected chi connectivity index (χ1v) is 9.54. The smallest absolute Gasteiger partial charge is 0.0308 e. The molecule has 2 rings (SSSR count). The van der Waals surface area contributed by atoms with Gasteiger partial charge in [0.2, 0.25) is 0 Å². The van der Waals surface area contributed by atoms with Crippen molar-refractivity contribution in [3.05, 3.63) is 0 Å². The summed E-state index contributed by atoms with van der Waals surface area (Å²) < 4.78 is 0. The lowest BCUT2D eigenvalue weighted by Crippen LogP contribution is -2.62. The molecule has 2 heteroatoms. The predicted octanol–water partition coefficient (Wildman–Crippen LogP) is 4.45. The second kappa shape index (κ2) is 7.97. The Morgan fingerprint density at radius 1 is 1.05 bits per heavy atom. The highest BCUT2D eigenvalue weighted by molar-refractivity contribution is 4.99. The number of nitrogens with zero attached hydrogens (tertiary/aromatic N) is 1. The van der Waals surface area contributed by atoms with Crippen LogP contribution in [-0.4, -0.2) is 36.1 Å². The van der Waals surface area contributed by atoms with E-state index in [1.54, 1.807) is 0 Å². The number of rotatable bonds is 6. The topological polar surface area (TPSA) is 15.3 Å². The highest BCUT2D eigenvalue weighted by Gasteiger charge is 2.40. The zero-order valence-corrected chi connectivity index (χ0v) is 15.0. The third-order valence-electron chi connectivity index (χ3n) is 6.08. The average molecular weight is 295 g/mol. The molecule has 0 aromatic heterocycles. The largest absolute Gasteiger partial charge is 0.312 e. The van der Waals surface area contributed by atoms with E-state index in [1.807, 2.05) is 0 Å². The van der Waals surface area contributed by atoms with Gasteiger partial charge in [-0.2, -0.15) is 0 Å². The molecule has 1 atom stereocenters. The Morgan fingerprint density at radius 3 is 2.24 bits per heavy atom. The van der Waals surface area contributed by atoms with Crippen molar-refractivity contribution >= 4 is 0 Å². The highest BCUT2D eigenvalue weighted by Crippen LogP contribution is 2.36. The number of hydrogen-bond acceptors (Lipinski definition) is 2. The second-order valence-corrected chi connectivity index (χ2v) is 8.15. The number of hydrogen-bond donors (Lipinski definition) is 1. The van der Waals surface area contributed by atoms with Crippen molar-refractivity contribution in [2.45, 2.75) is 90.6 Å². The zero-order valence-electron chi connectivity index (χ0n) is 15.0. The van der Waals surface area contributed by atoms with Crippen LogP contribution >= 0.6 is 0 Å². The Balaban J connectivity index is 2.05. The van der Waals surface area contributed by atoms with Gasteiger partial charge in [0.1, 0.15) is 0 Å². The number of nitrogens with one attached hydrogen (secondary N) is 1. The van der Waals surface area contributed by atoms with Gasteiger partial charge in [0.05, 0.1) is 0 Å². The summed E-state index contributed by atoms with van der Waals surface area (Å²) in [5, 5.41) is 3.95. The number of likely N-dealkylation sites (tertiary alicyclic amines) is 1. The zero-order chi connectivity index (χ0) is 15.3. The fourth-order valence-electron chi connectivity index (χ4n) is 4.58. The maximum atomic E-state index is 3.95. The Bertz CT molecular complexity index is 286. The molecule has 1 unspecified atom stereocenters. The van der Waals surface area contributed by atoms with E-state index in [9.17, 15) is 0 Å². The maximum absolute atomic E-state index is 3.95. The monoisotopic (exact) mass is 294 g/mol. The van der Waals surface area contributed by atoms with Crippen LogP contribution in [0.5, 0.6) is 0 Å². The molecule has 0 spiro atoms. The summed E-state index contributed by atoms with van der Waals surface area (Å²) in [5.41, 5.74) is 0.306. The third kappa shape index (κ3) is 4.45. The lowest BCUT2D eigenvalue weighted by Gasteiger charge is -2.50. The van der Waals surface area contributed by atoms with Crippen LogP contribution in [0.3, 0.4) is 0 Å². The lowest BCUT2D eigenvalue weighted by atomic mass is 9.73. The van der Waals surface area contributed by atoms with Crippen molar-refractivity contribution in [2.24, 2.45) is 11.8 Å². The van der Waals surface area contributed by atoms with Gasteiger partial charge >= 0.3 is 0 Å². The third-order valence-corrected chi connectivity index (χ3v) is 6.08. The predicted molar refractivity (Wildman–Crippen MR) is 92.7 cm³/mol. The van der Waals surface area contributed by atoms with Crippen molar-refractivity contribution in [3.63, 3.8) is 0 Å². The Kier molecular flexibility index (Phi) is 6.55. The van der Waals surface area contributed by atoms with Gasteiger partial charge in [0.25, 0.3) is 0 Å². The molecule has 1 N–H and O–H groups in total. The van der Waals surface area contributed by atoms with Gasteiger partial charge in [-0.05, 0) is 77.4 Å². The van der Waals surface area contributed by atoms with E-state index in [-0.39, 0.29) is 0 Å². The van der Waals surface area contributed by atoms with Crippen LogP contribution in [0.15, 0.2) is 0 Å². The normalized spacial score (nSPS) is 30.3. The number of piperidine rings is 1. The van der Waals surface area contributed by atoms with Gasteiger partial charge in [-0.1, -0.05) is 33.1 Å². The highest BCUT2D eigenvalue weighted by atomic mass is 15.2. The quantitative estimate of drug-likeness (QED) is 0.779. The molecule has 1 saturated carbocycles. The van der Waals surface area contributed by atoms with Crippen LogP contribution < -0.4 is 5.32 Å². The van der Waals surface area contributed by atoms with E-state index in [0.29, 0.717) is 11.6 Å². The molecule has 21 heavy (non-hydrogen) atoms. The minimum Gasteiger partial charge on any atom is -0.312 e. The van der Waals surface area contributed by atoms with E-state index in [1.165, 1.54) is 71.0 Å². The van der Waals surface area contributed by atoms with Crippen molar-refractivity contribution in [2.75, 3.05) is 19.6 Å². The molecule has 0 radical (unpaired) electrons. The van der Waals surface area contributed by atoms with E-state index in [4.69, 9.17) is 0 Å². The molecule has 2 nitrogen and oxygen atoms in total. The van der Waals surface area contributed by atoms with Gasteiger partial charge in [-0.3, -0.25) is 4.90 Å².